The van der Waals surface area contributed by atoms with E-state index in [1.165, 1.54) is 20.1 Å². The summed E-state index contributed by atoms with van der Waals surface area (Å²) in [5, 5.41) is 9.99. The highest BCUT2D eigenvalue weighted by atomic mass is 35.5. The predicted molar refractivity (Wildman–Crippen MR) is 65.4 cm³/mol. The van der Waals surface area contributed by atoms with Gasteiger partial charge in [-0.25, -0.2) is 4.79 Å². The summed E-state index contributed by atoms with van der Waals surface area (Å²) in [6.07, 6.45) is 0. The number of hydrogen-bond donors (Lipinski definition) is 1. The number of aromatic hydroxyl groups is 1. The first-order valence-corrected chi connectivity index (χ1v) is 5.59. The Balaban J connectivity index is 3.27. The highest BCUT2D eigenvalue weighted by Gasteiger charge is 2.25. The molecule has 5 nitrogen and oxygen atoms in total. The number of ketones is 1. The van der Waals surface area contributed by atoms with Crippen molar-refractivity contribution in [2.45, 2.75) is 13.8 Å². The lowest BCUT2D eigenvalue weighted by molar-refractivity contribution is -0.137. The molecule has 0 aliphatic rings. The van der Waals surface area contributed by atoms with E-state index in [9.17, 15) is 14.7 Å². The van der Waals surface area contributed by atoms with Gasteiger partial charge < -0.3 is 14.6 Å². The molecule has 0 spiro atoms. The van der Waals surface area contributed by atoms with Gasteiger partial charge in [-0.3, -0.25) is 4.79 Å². The van der Waals surface area contributed by atoms with E-state index in [2.05, 4.69) is 4.74 Å². The van der Waals surface area contributed by atoms with Crippen LogP contribution < -0.4 is 4.74 Å². The number of halogens is 1. The minimum atomic E-state index is -1.03. The van der Waals surface area contributed by atoms with Crippen molar-refractivity contribution in [1.82, 2.24) is 0 Å². The highest BCUT2D eigenvalue weighted by molar-refractivity contribution is 6.42. The molecule has 0 saturated carbocycles. The van der Waals surface area contributed by atoms with E-state index in [1.54, 1.807) is 6.92 Å². The molecule has 0 atom stereocenters. The Kier molecular flexibility index (Phi) is 4.55. The molecule has 0 saturated heterocycles. The average molecular weight is 273 g/mol. The second-order valence-electron chi connectivity index (χ2n) is 3.46. The Hall–Kier alpha value is -1.75. The Labute approximate surface area is 109 Å². The van der Waals surface area contributed by atoms with Gasteiger partial charge in [0.2, 0.25) is 0 Å². The standard InChI is InChI=1S/C12H13ClO5/c1-4-18-12(16)10(15)7-5-8(13)11(17-3)6(2)9(7)14/h5,14H,4H2,1-3H3. The van der Waals surface area contributed by atoms with Crippen molar-refractivity contribution in [2.75, 3.05) is 13.7 Å². The Bertz CT molecular complexity index is 496. The third kappa shape index (κ3) is 2.56. The molecule has 1 aromatic rings. The molecule has 0 aliphatic heterocycles. The number of rotatable bonds is 4. The van der Waals surface area contributed by atoms with E-state index >= 15 is 0 Å². The van der Waals surface area contributed by atoms with Crippen LogP contribution in [0.3, 0.4) is 0 Å². The van der Waals surface area contributed by atoms with Crippen molar-refractivity contribution < 1.29 is 24.2 Å². The number of phenols is 1. The zero-order valence-electron chi connectivity index (χ0n) is 10.2. The van der Waals surface area contributed by atoms with Crippen LogP contribution in [0.25, 0.3) is 0 Å². The quantitative estimate of drug-likeness (QED) is 0.516. The molecule has 0 bridgehead atoms. The molecule has 0 fully saturated rings. The lowest BCUT2D eigenvalue weighted by Gasteiger charge is -2.12. The number of phenolic OH excluding ortho intramolecular Hbond substituents is 1. The summed E-state index contributed by atoms with van der Waals surface area (Å²) in [6.45, 7) is 3.19. The van der Waals surface area contributed by atoms with Gasteiger partial charge in [-0.15, -0.1) is 0 Å². The second kappa shape index (κ2) is 5.73. The lowest BCUT2D eigenvalue weighted by Crippen LogP contribution is -2.18. The maximum absolute atomic E-state index is 11.7. The van der Waals surface area contributed by atoms with Crippen molar-refractivity contribution in [2.24, 2.45) is 0 Å². The van der Waals surface area contributed by atoms with Gasteiger partial charge in [0.1, 0.15) is 11.5 Å². The molecule has 0 amide bonds. The van der Waals surface area contributed by atoms with Crippen LogP contribution >= 0.6 is 11.6 Å². The number of methoxy groups -OCH3 is 1. The topological polar surface area (TPSA) is 72.8 Å². The van der Waals surface area contributed by atoms with Crippen LogP contribution in [-0.4, -0.2) is 30.6 Å². The van der Waals surface area contributed by atoms with Crippen LogP contribution in [-0.2, 0) is 9.53 Å². The van der Waals surface area contributed by atoms with Crippen molar-refractivity contribution in [3.63, 3.8) is 0 Å². The number of esters is 1. The molecule has 98 valence electrons. The molecule has 0 radical (unpaired) electrons. The van der Waals surface area contributed by atoms with Crippen LogP contribution in [0.15, 0.2) is 6.07 Å². The van der Waals surface area contributed by atoms with Crippen LogP contribution in [0.4, 0.5) is 0 Å². The monoisotopic (exact) mass is 272 g/mol. The lowest BCUT2D eigenvalue weighted by atomic mass is 10.0. The Morgan fingerprint density at radius 1 is 1.44 bits per heavy atom. The number of ether oxygens (including phenoxy) is 2. The average Bonchev–Trinajstić information content (AvgIpc) is 2.34. The van der Waals surface area contributed by atoms with E-state index in [0.29, 0.717) is 0 Å². The highest BCUT2D eigenvalue weighted by Crippen LogP contribution is 2.37. The van der Waals surface area contributed by atoms with Gasteiger partial charge >= 0.3 is 5.97 Å². The van der Waals surface area contributed by atoms with Crippen molar-refractivity contribution in [3.05, 3.63) is 22.2 Å². The van der Waals surface area contributed by atoms with Gasteiger partial charge in [0.15, 0.2) is 0 Å². The first-order valence-electron chi connectivity index (χ1n) is 5.21. The van der Waals surface area contributed by atoms with Crippen molar-refractivity contribution in [3.8, 4) is 11.5 Å². The fourth-order valence-electron chi connectivity index (χ4n) is 1.48. The third-order valence-corrected chi connectivity index (χ3v) is 2.63. The summed E-state index contributed by atoms with van der Waals surface area (Å²) in [6, 6.07) is 1.18. The maximum atomic E-state index is 11.7. The Morgan fingerprint density at radius 2 is 2.06 bits per heavy atom. The molecule has 1 aromatic carbocycles. The van der Waals surface area contributed by atoms with Crippen LogP contribution in [0, 0.1) is 6.92 Å². The molecule has 0 aliphatic carbocycles. The Morgan fingerprint density at radius 3 is 2.56 bits per heavy atom. The summed E-state index contributed by atoms with van der Waals surface area (Å²) in [7, 11) is 1.39. The largest absolute Gasteiger partial charge is 0.507 e. The zero-order chi connectivity index (χ0) is 13.9. The van der Waals surface area contributed by atoms with E-state index in [1.807, 2.05) is 0 Å². The van der Waals surface area contributed by atoms with Gasteiger partial charge in [-0.2, -0.15) is 0 Å². The number of Topliss-reactive ketones (excluding diaryl/α,β-unsaturated/α-hetero) is 1. The van der Waals surface area contributed by atoms with Gasteiger partial charge in [0.25, 0.3) is 5.78 Å². The molecule has 1 N–H and O–H groups in total. The minimum absolute atomic E-state index is 0.0776. The van der Waals surface area contributed by atoms with Gasteiger partial charge in [0.05, 0.1) is 24.3 Å². The first kappa shape index (κ1) is 14.3. The van der Waals surface area contributed by atoms with Crippen molar-refractivity contribution >= 4 is 23.4 Å². The minimum Gasteiger partial charge on any atom is -0.507 e. The molecule has 1 rings (SSSR count). The predicted octanol–water partition coefficient (Wildman–Crippen LogP) is 2.11. The summed E-state index contributed by atoms with van der Waals surface area (Å²) in [5.41, 5.74) is 0.0920. The molecule has 18 heavy (non-hydrogen) atoms. The maximum Gasteiger partial charge on any atom is 0.379 e. The normalized spacial score (nSPS) is 10.0. The summed E-state index contributed by atoms with van der Waals surface area (Å²) in [5.74, 6) is -2.06. The SMILES string of the molecule is CCOC(=O)C(=O)c1cc(Cl)c(OC)c(C)c1O. The van der Waals surface area contributed by atoms with Gasteiger partial charge in [-0.1, -0.05) is 11.6 Å². The molecule has 0 unspecified atom stereocenters. The van der Waals surface area contributed by atoms with Crippen LogP contribution in [0.2, 0.25) is 5.02 Å². The molecular weight excluding hydrogens is 260 g/mol. The van der Waals surface area contributed by atoms with E-state index < -0.39 is 11.8 Å². The van der Waals surface area contributed by atoms with Crippen LogP contribution in [0.5, 0.6) is 11.5 Å². The van der Waals surface area contributed by atoms with E-state index in [4.69, 9.17) is 16.3 Å². The third-order valence-electron chi connectivity index (χ3n) is 2.35. The molecule has 0 heterocycles. The number of hydrogen-bond acceptors (Lipinski definition) is 5. The number of carbonyl (C=O) groups excluding carboxylic acids is 2. The van der Waals surface area contributed by atoms with E-state index in [0.717, 1.165) is 0 Å². The fraction of sp³-hybridized carbons (Fsp3) is 0.333. The van der Waals surface area contributed by atoms with Crippen LogP contribution in [0.1, 0.15) is 22.8 Å². The first-order chi connectivity index (χ1) is 8.43. The van der Waals surface area contributed by atoms with Crippen molar-refractivity contribution in [1.29, 1.82) is 0 Å². The summed E-state index contributed by atoms with van der Waals surface area (Å²) in [4.78, 5) is 23.0. The zero-order valence-corrected chi connectivity index (χ0v) is 11.0. The molecular formula is C12H13ClO5. The number of carbonyl (C=O) groups is 2. The summed E-state index contributed by atoms with van der Waals surface area (Å²) >= 11 is 5.89. The van der Waals surface area contributed by atoms with Gasteiger partial charge in [0, 0.05) is 5.56 Å². The second-order valence-corrected chi connectivity index (χ2v) is 3.87. The smallest absolute Gasteiger partial charge is 0.379 e. The van der Waals surface area contributed by atoms with Gasteiger partial charge in [-0.05, 0) is 19.9 Å². The molecule has 6 heteroatoms. The van der Waals surface area contributed by atoms with E-state index in [-0.39, 0.29) is 34.3 Å². The summed E-state index contributed by atoms with van der Waals surface area (Å²) < 4.78 is 9.56. The fourth-order valence-corrected chi connectivity index (χ4v) is 1.81. The number of benzene rings is 1. The molecule has 0 aromatic heterocycles.